The van der Waals surface area contributed by atoms with E-state index in [1.165, 1.54) is 24.3 Å². The molecule has 0 aromatic heterocycles. The number of ether oxygens (including phenoxy) is 2. The van der Waals surface area contributed by atoms with Gasteiger partial charge in [-0.3, -0.25) is 9.69 Å². The summed E-state index contributed by atoms with van der Waals surface area (Å²) in [6, 6.07) is 15.9. The molecule has 1 N–H and O–H groups in total. The number of nitrogens with zero attached hydrogens (tertiary/aromatic N) is 1. The minimum absolute atomic E-state index is 0.0367. The van der Waals surface area contributed by atoms with E-state index >= 15 is 0 Å². The molecule has 3 aromatic rings. The second-order valence-electron chi connectivity index (χ2n) is 7.61. The molecule has 0 bridgehead atoms. The zero-order valence-corrected chi connectivity index (χ0v) is 20.2. The summed E-state index contributed by atoms with van der Waals surface area (Å²) in [4.78, 5) is 26.2. The summed E-state index contributed by atoms with van der Waals surface area (Å²) in [5.74, 6) is -0.366. The van der Waals surface area contributed by atoms with E-state index in [4.69, 9.17) is 32.7 Å². The molecule has 35 heavy (non-hydrogen) atoms. The number of amides is 3. The molecular weight excluding hydrogens is 494 g/mol. The minimum Gasteiger partial charge on any atom is -0.490 e. The lowest BCUT2D eigenvalue weighted by Gasteiger charge is -2.15. The molecule has 3 aromatic carbocycles. The van der Waals surface area contributed by atoms with Crippen LogP contribution in [0.3, 0.4) is 0 Å². The molecule has 1 fully saturated rings. The highest BCUT2D eigenvalue weighted by Gasteiger charge is 2.34. The van der Waals surface area contributed by atoms with Gasteiger partial charge in [-0.15, -0.1) is 0 Å². The number of hydrogen-bond donors (Lipinski definition) is 1. The van der Waals surface area contributed by atoms with Crippen molar-refractivity contribution in [3.8, 4) is 11.5 Å². The van der Waals surface area contributed by atoms with Crippen LogP contribution in [0.15, 0.2) is 66.4 Å². The Morgan fingerprint density at radius 2 is 1.69 bits per heavy atom. The van der Waals surface area contributed by atoms with Crippen molar-refractivity contribution >= 4 is 41.2 Å². The second kappa shape index (κ2) is 10.8. The molecule has 0 saturated carbocycles. The van der Waals surface area contributed by atoms with Gasteiger partial charge < -0.3 is 14.8 Å². The van der Waals surface area contributed by atoms with Crippen molar-refractivity contribution in [3.63, 3.8) is 0 Å². The van der Waals surface area contributed by atoms with Crippen molar-refractivity contribution in [1.29, 1.82) is 0 Å². The number of carbonyl (C=O) groups excluding carboxylic acids is 2. The van der Waals surface area contributed by atoms with Gasteiger partial charge in [0.1, 0.15) is 18.1 Å². The van der Waals surface area contributed by atoms with Gasteiger partial charge in [-0.25, -0.2) is 9.18 Å². The highest BCUT2D eigenvalue weighted by Crippen LogP contribution is 2.38. The average molecular weight is 515 g/mol. The Kier molecular flexibility index (Phi) is 7.58. The number of rotatable bonds is 8. The molecule has 4 rings (SSSR count). The first-order valence-electron chi connectivity index (χ1n) is 10.8. The van der Waals surface area contributed by atoms with Crippen molar-refractivity contribution in [2.24, 2.45) is 0 Å². The number of hydrogen-bond acceptors (Lipinski definition) is 4. The van der Waals surface area contributed by atoms with Crippen LogP contribution in [0.1, 0.15) is 23.6 Å². The van der Waals surface area contributed by atoms with E-state index in [2.05, 4.69) is 5.32 Å². The van der Waals surface area contributed by atoms with E-state index in [0.717, 1.165) is 10.5 Å². The Hall–Kier alpha value is -3.55. The van der Waals surface area contributed by atoms with Crippen LogP contribution >= 0.6 is 23.2 Å². The predicted octanol–water partition coefficient (Wildman–Crippen LogP) is 6.20. The number of urea groups is 1. The van der Waals surface area contributed by atoms with Crippen LogP contribution in [0.5, 0.6) is 11.5 Å². The third-order valence-corrected chi connectivity index (χ3v) is 5.87. The van der Waals surface area contributed by atoms with Gasteiger partial charge in [-0.05, 0) is 42.8 Å². The third-order valence-electron chi connectivity index (χ3n) is 5.22. The van der Waals surface area contributed by atoms with Crippen molar-refractivity contribution in [2.75, 3.05) is 6.61 Å². The quantitative estimate of drug-likeness (QED) is 0.287. The topological polar surface area (TPSA) is 67.9 Å². The zero-order valence-electron chi connectivity index (χ0n) is 18.7. The number of halogens is 3. The first-order valence-corrected chi connectivity index (χ1v) is 11.5. The lowest BCUT2D eigenvalue weighted by atomic mass is 10.1. The van der Waals surface area contributed by atoms with Gasteiger partial charge >= 0.3 is 6.03 Å². The Morgan fingerprint density at radius 1 is 0.971 bits per heavy atom. The number of benzene rings is 3. The molecule has 0 spiro atoms. The van der Waals surface area contributed by atoms with E-state index in [9.17, 15) is 14.0 Å². The predicted molar refractivity (Wildman–Crippen MR) is 132 cm³/mol. The summed E-state index contributed by atoms with van der Waals surface area (Å²) in [7, 11) is 0. The first kappa shape index (κ1) is 24.6. The molecule has 9 heteroatoms. The van der Waals surface area contributed by atoms with E-state index in [1.807, 2.05) is 25.1 Å². The van der Waals surface area contributed by atoms with Crippen molar-refractivity contribution in [3.05, 3.63) is 98.9 Å². The largest absolute Gasteiger partial charge is 0.490 e. The second-order valence-corrected chi connectivity index (χ2v) is 8.43. The fraction of sp³-hybridized carbons (Fsp3) is 0.154. The van der Waals surface area contributed by atoms with Crippen LogP contribution in [-0.4, -0.2) is 23.4 Å². The zero-order chi connectivity index (χ0) is 24.9. The van der Waals surface area contributed by atoms with Crippen LogP contribution in [0.4, 0.5) is 9.18 Å². The summed E-state index contributed by atoms with van der Waals surface area (Å²) in [5.41, 5.74) is 1.57. The maximum Gasteiger partial charge on any atom is 0.329 e. The van der Waals surface area contributed by atoms with Gasteiger partial charge in [-0.1, -0.05) is 59.6 Å². The van der Waals surface area contributed by atoms with Gasteiger partial charge in [0.25, 0.3) is 5.91 Å². The fourth-order valence-electron chi connectivity index (χ4n) is 3.52. The average Bonchev–Trinajstić information content (AvgIpc) is 3.08. The van der Waals surface area contributed by atoms with E-state index in [0.29, 0.717) is 28.7 Å². The normalized spacial score (nSPS) is 14.4. The highest BCUT2D eigenvalue weighted by molar-refractivity contribution is 6.32. The summed E-state index contributed by atoms with van der Waals surface area (Å²) < 4.78 is 25.6. The Labute approximate surface area is 211 Å². The molecule has 0 atom stereocenters. The molecule has 3 amide bonds. The van der Waals surface area contributed by atoms with Gasteiger partial charge in [0, 0.05) is 16.1 Å². The standard InChI is InChI=1S/C26H21Cl2FN2O4/c1-2-34-23-13-16(11-20(28)24(23)35-15-18-8-3-5-9-19(18)27)12-22-25(32)31(26(33)30-22)14-17-7-4-6-10-21(17)29/h3-13H,2,14-15H2,1H3,(H,30,33)/b22-12+. The SMILES string of the molecule is CCOc1cc(/C=C2/NC(=O)N(Cc3ccccc3F)C2=O)cc(Cl)c1OCc1ccccc1Cl. The monoisotopic (exact) mass is 514 g/mol. The molecule has 6 nitrogen and oxygen atoms in total. The molecule has 1 aliphatic rings. The van der Waals surface area contributed by atoms with E-state index < -0.39 is 17.8 Å². The first-order chi connectivity index (χ1) is 16.9. The maximum atomic E-state index is 14.0. The maximum absolute atomic E-state index is 14.0. The van der Waals surface area contributed by atoms with Crippen molar-refractivity contribution in [2.45, 2.75) is 20.1 Å². The highest BCUT2D eigenvalue weighted by atomic mass is 35.5. The molecule has 1 saturated heterocycles. The molecule has 0 radical (unpaired) electrons. The fourth-order valence-corrected chi connectivity index (χ4v) is 3.98. The molecular formula is C26H21Cl2FN2O4. The van der Waals surface area contributed by atoms with Gasteiger partial charge in [0.2, 0.25) is 0 Å². The lowest BCUT2D eigenvalue weighted by Crippen LogP contribution is -2.30. The summed E-state index contributed by atoms with van der Waals surface area (Å²) in [5, 5.41) is 3.35. The van der Waals surface area contributed by atoms with Crippen LogP contribution in [0, 0.1) is 5.82 Å². The smallest absolute Gasteiger partial charge is 0.329 e. The van der Waals surface area contributed by atoms with E-state index in [-0.39, 0.29) is 29.4 Å². The van der Waals surface area contributed by atoms with Crippen LogP contribution in [0.2, 0.25) is 10.0 Å². The van der Waals surface area contributed by atoms with Crippen molar-refractivity contribution in [1.82, 2.24) is 10.2 Å². The summed E-state index contributed by atoms with van der Waals surface area (Å²) >= 11 is 12.7. The Bertz CT molecular complexity index is 1310. The minimum atomic E-state index is -0.639. The van der Waals surface area contributed by atoms with Gasteiger partial charge in [0.15, 0.2) is 11.5 Å². The van der Waals surface area contributed by atoms with Crippen LogP contribution in [0.25, 0.3) is 6.08 Å². The Balaban J connectivity index is 1.57. The number of nitrogens with one attached hydrogen (secondary N) is 1. The van der Waals surface area contributed by atoms with Crippen LogP contribution < -0.4 is 14.8 Å². The molecule has 1 aliphatic heterocycles. The molecule has 0 unspecified atom stereocenters. The van der Waals surface area contributed by atoms with Crippen molar-refractivity contribution < 1.29 is 23.5 Å². The Morgan fingerprint density at radius 3 is 2.40 bits per heavy atom. The number of carbonyl (C=O) groups is 2. The summed E-state index contributed by atoms with van der Waals surface area (Å²) in [6.45, 7) is 2.16. The molecule has 180 valence electrons. The van der Waals surface area contributed by atoms with Gasteiger partial charge in [0.05, 0.1) is 18.2 Å². The molecule has 1 heterocycles. The molecule has 0 aliphatic carbocycles. The van der Waals surface area contributed by atoms with Gasteiger partial charge in [-0.2, -0.15) is 0 Å². The van der Waals surface area contributed by atoms with E-state index in [1.54, 1.807) is 24.3 Å². The third kappa shape index (κ3) is 5.58. The number of imide groups is 1. The van der Waals surface area contributed by atoms with Crippen LogP contribution in [-0.2, 0) is 17.9 Å². The lowest BCUT2D eigenvalue weighted by molar-refractivity contribution is -0.123. The summed E-state index contributed by atoms with van der Waals surface area (Å²) in [6.07, 6.45) is 1.48.